The number of hydrogen-bond acceptors (Lipinski definition) is 5. The van der Waals surface area contributed by atoms with Crippen molar-refractivity contribution < 1.29 is 18.0 Å². The maximum Gasteiger partial charge on any atom is 0.418 e. The van der Waals surface area contributed by atoms with Gasteiger partial charge in [-0.3, -0.25) is 9.78 Å². The van der Waals surface area contributed by atoms with E-state index in [0.29, 0.717) is 12.4 Å². The van der Waals surface area contributed by atoms with E-state index in [4.69, 9.17) is 0 Å². The molecule has 0 aliphatic heterocycles. The fraction of sp³-hybridized carbons (Fsp3) is 0.111. The quantitative estimate of drug-likeness (QED) is 0.712. The highest BCUT2D eigenvalue weighted by Crippen LogP contribution is 2.34. The lowest BCUT2D eigenvalue weighted by Gasteiger charge is -2.13. The second-order valence-corrected chi connectivity index (χ2v) is 5.46. The van der Waals surface area contributed by atoms with E-state index >= 15 is 0 Å². The Morgan fingerprint density at radius 2 is 1.74 bits per heavy atom. The average molecular weight is 373 g/mol. The first-order valence-corrected chi connectivity index (χ1v) is 7.87. The van der Waals surface area contributed by atoms with E-state index in [-0.39, 0.29) is 11.4 Å². The first-order chi connectivity index (χ1) is 12.9. The summed E-state index contributed by atoms with van der Waals surface area (Å²) in [5, 5.41) is 5.21. The lowest BCUT2D eigenvalue weighted by molar-refractivity contribution is -0.136. The van der Waals surface area contributed by atoms with Gasteiger partial charge in [-0.15, -0.1) is 0 Å². The zero-order valence-corrected chi connectivity index (χ0v) is 13.9. The zero-order chi connectivity index (χ0) is 19.3. The molecular formula is C18H14F3N5O. The summed E-state index contributed by atoms with van der Waals surface area (Å²) in [4.78, 5) is 24.3. The number of aromatic nitrogens is 3. The molecule has 3 rings (SSSR count). The molecule has 6 nitrogen and oxygen atoms in total. The zero-order valence-electron chi connectivity index (χ0n) is 13.9. The van der Waals surface area contributed by atoms with E-state index < -0.39 is 17.6 Å². The molecule has 0 fully saturated rings. The first-order valence-electron chi connectivity index (χ1n) is 7.87. The summed E-state index contributed by atoms with van der Waals surface area (Å²) in [5.41, 5.74) is -0.575. The van der Waals surface area contributed by atoms with Gasteiger partial charge < -0.3 is 10.6 Å². The van der Waals surface area contributed by atoms with Gasteiger partial charge >= 0.3 is 6.18 Å². The van der Waals surface area contributed by atoms with Gasteiger partial charge in [0.05, 0.1) is 35.9 Å². The summed E-state index contributed by atoms with van der Waals surface area (Å²) < 4.78 is 39.0. The molecule has 2 aromatic heterocycles. The van der Waals surface area contributed by atoms with Gasteiger partial charge in [-0.25, -0.2) is 9.97 Å². The number of hydrogen-bond donors (Lipinski definition) is 2. The monoisotopic (exact) mass is 373 g/mol. The lowest BCUT2D eigenvalue weighted by atomic mass is 10.1. The fourth-order valence-corrected chi connectivity index (χ4v) is 2.25. The summed E-state index contributed by atoms with van der Waals surface area (Å²) >= 11 is 0. The van der Waals surface area contributed by atoms with Crippen LogP contribution in [0, 0.1) is 0 Å². The van der Waals surface area contributed by atoms with E-state index in [2.05, 4.69) is 25.6 Å². The van der Waals surface area contributed by atoms with Crippen molar-refractivity contribution in [3.05, 3.63) is 78.0 Å². The van der Waals surface area contributed by atoms with Crippen LogP contribution in [0.25, 0.3) is 0 Å². The molecule has 9 heteroatoms. The molecule has 0 saturated heterocycles. The van der Waals surface area contributed by atoms with Gasteiger partial charge in [-0.05, 0) is 24.3 Å². The second kappa shape index (κ2) is 7.81. The summed E-state index contributed by atoms with van der Waals surface area (Å²) in [7, 11) is 0. The summed E-state index contributed by atoms with van der Waals surface area (Å²) in [6.45, 7) is 0.417. The first kappa shape index (κ1) is 18.3. The number of para-hydroxylation sites is 1. The molecule has 2 N–H and O–H groups in total. The summed E-state index contributed by atoms with van der Waals surface area (Å²) in [6, 6.07) is 10.2. The number of halogens is 3. The van der Waals surface area contributed by atoms with Crippen molar-refractivity contribution in [1.82, 2.24) is 15.0 Å². The van der Waals surface area contributed by atoms with Crippen molar-refractivity contribution in [3.63, 3.8) is 0 Å². The van der Waals surface area contributed by atoms with Crippen LogP contribution in [0.5, 0.6) is 0 Å². The van der Waals surface area contributed by atoms with Gasteiger partial charge in [0.15, 0.2) is 0 Å². The highest BCUT2D eigenvalue weighted by molar-refractivity contribution is 6.03. The van der Waals surface area contributed by atoms with E-state index in [9.17, 15) is 18.0 Å². The molecule has 0 unspecified atom stereocenters. The Hall–Kier alpha value is -3.49. The van der Waals surface area contributed by atoms with Gasteiger partial charge in [-0.2, -0.15) is 13.2 Å². The highest BCUT2D eigenvalue weighted by Gasteiger charge is 2.33. The van der Waals surface area contributed by atoms with Crippen LogP contribution in [0.1, 0.15) is 21.7 Å². The van der Waals surface area contributed by atoms with Gasteiger partial charge in [-0.1, -0.05) is 18.2 Å². The van der Waals surface area contributed by atoms with Crippen LogP contribution in [0.3, 0.4) is 0 Å². The van der Waals surface area contributed by atoms with Crippen molar-refractivity contribution >= 4 is 17.4 Å². The number of carbonyl (C=O) groups excluding carboxylic acids is 1. The predicted octanol–water partition coefficient (Wildman–Crippen LogP) is 3.75. The molecule has 0 spiro atoms. The van der Waals surface area contributed by atoms with Gasteiger partial charge in [0.25, 0.3) is 5.91 Å². The molecule has 27 heavy (non-hydrogen) atoms. The highest BCUT2D eigenvalue weighted by atomic mass is 19.4. The van der Waals surface area contributed by atoms with Crippen molar-refractivity contribution in [3.8, 4) is 0 Å². The van der Waals surface area contributed by atoms with Crippen molar-refractivity contribution in [1.29, 1.82) is 0 Å². The van der Waals surface area contributed by atoms with Crippen molar-refractivity contribution in [2.75, 3.05) is 10.6 Å². The van der Waals surface area contributed by atoms with Crippen LogP contribution in [-0.2, 0) is 12.7 Å². The molecule has 138 valence electrons. The number of nitrogens with one attached hydrogen (secondary N) is 2. The molecule has 0 aliphatic rings. The number of carbonyl (C=O) groups is 1. The number of rotatable bonds is 5. The van der Waals surface area contributed by atoms with E-state index in [1.54, 1.807) is 12.3 Å². The normalized spacial score (nSPS) is 11.1. The topological polar surface area (TPSA) is 79.8 Å². The smallest absolute Gasteiger partial charge is 0.363 e. The van der Waals surface area contributed by atoms with Gasteiger partial charge in [0.1, 0.15) is 11.5 Å². The molecule has 2 heterocycles. The summed E-state index contributed by atoms with van der Waals surface area (Å²) in [5.74, 6) is -0.372. The number of anilines is 2. The Labute approximate surface area is 152 Å². The van der Waals surface area contributed by atoms with Gasteiger partial charge in [0, 0.05) is 6.20 Å². The number of pyridine rings is 1. The Morgan fingerprint density at radius 3 is 2.41 bits per heavy atom. The Kier molecular flexibility index (Phi) is 5.30. The van der Waals surface area contributed by atoms with Crippen LogP contribution < -0.4 is 10.6 Å². The Bertz CT molecular complexity index is 914. The minimum absolute atomic E-state index is 0.102. The van der Waals surface area contributed by atoms with Crippen LogP contribution >= 0.6 is 0 Å². The SMILES string of the molecule is O=C(Nc1ccccc1C(F)(F)F)c1cnc(NCc2ccccn2)cn1. The van der Waals surface area contributed by atoms with Crippen LogP contribution in [0.4, 0.5) is 24.7 Å². The van der Waals surface area contributed by atoms with Crippen LogP contribution in [0.2, 0.25) is 0 Å². The minimum Gasteiger partial charge on any atom is -0.363 e. The molecular weight excluding hydrogens is 359 g/mol. The molecule has 0 bridgehead atoms. The maximum atomic E-state index is 13.0. The molecule has 0 saturated carbocycles. The predicted molar refractivity (Wildman–Crippen MR) is 93.0 cm³/mol. The van der Waals surface area contributed by atoms with E-state index in [0.717, 1.165) is 11.8 Å². The third-order valence-corrected chi connectivity index (χ3v) is 3.54. The standard InChI is InChI=1S/C18H14F3N5O/c19-18(20,21)13-6-1-2-7-14(13)26-17(27)15-10-25-16(11-23-15)24-9-12-5-3-4-8-22-12/h1-8,10-11H,9H2,(H,24,25)(H,26,27). The maximum absolute atomic E-state index is 13.0. The number of amides is 1. The fourth-order valence-electron chi connectivity index (χ4n) is 2.25. The minimum atomic E-state index is -4.57. The van der Waals surface area contributed by atoms with E-state index in [1.165, 1.54) is 30.6 Å². The largest absolute Gasteiger partial charge is 0.418 e. The van der Waals surface area contributed by atoms with E-state index in [1.807, 2.05) is 12.1 Å². The average Bonchev–Trinajstić information content (AvgIpc) is 2.67. The van der Waals surface area contributed by atoms with Crippen molar-refractivity contribution in [2.24, 2.45) is 0 Å². The third-order valence-electron chi connectivity index (χ3n) is 3.54. The molecule has 1 aromatic carbocycles. The molecule has 0 radical (unpaired) electrons. The van der Waals surface area contributed by atoms with Crippen molar-refractivity contribution in [2.45, 2.75) is 12.7 Å². The lowest BCUT2D eigenvalue weighted by Crippen LogP contribution is -2.18. The van der Waals surface area contributed by atoms with Crippen LogP contribution in [0.15, 0.2) is 61.1 Å². The molecule has 0 aliphatic carbocycles. The third kappa shape index (κ3) is 4.78. The molecule has 0 atom stereocenters. The molecule has 3 aromatic rings. The van der Waals surface area contributed by atoms with Gasteiger partial charge in [0.2, 0.25) is 0 Å². The number of alkyl halides is 3. The Morgan fingerprint density at radius 1 is 0.963 bits per heavy atom. The Balaban J connectivity index is 1.66. The number of benzene rings is 1. The summed E-state index contributed by atoms with van der Waals surface area (Å²) in [6.07, 6.45) is -0.399. The second-order valence-electron chi connectivity index (χ2n) is 5.46. The van der Waals surface area contributed by atoms with Crippen LogP contribution in [-0.4, -0.2) is 20.9 Å². The number of nitrogens with zero attached hydrogens (tertiary/aromatic N) is 3. The molecule has 1 amide bonds.